The molecule has 2 N–H and O–H groups in total. The van der Waals surface area contributed by atoms with Crippen LogP contribution < -0.4 is 10.6 Å². The van der Waals surface area contributed by atoms with Gasteiger partial charge in [0.15, 0.2) is 0 Å². The van der Waals surface area contributed by atoms with Crippen LogP contribution in [0.15, 0.2) is 36.8 Å². The summed E-state index contributed by atoms with van der Waals surface area (Å²) in [6, 6.07) is 6.08. The molecule has 0 aliphatic carbocycles. The summed E-state index contributed by atoms with van der Waals surface area (Å²) in [6.45, 7) is 2.82. The molecule has 0 saturated heterocycles. The van der Waals surface area contributed by atoms with Gasteiger partial charge in [-0.15, -0.1) is 0 Å². The van der Waals surface area contributed by atoms with Gasteiger partial charge in [0.1, 0.15) is 0 Å². The van der Waals surface area contributed by atoms with Crippen LogP contribution in [-0.2, 0) is 12.8 Å². The van der Waals surface area contributed by atoms with E-state index in [-0.39, 0.29) is 6.04 Å². The molecule has 1 unspecified atom stereocenters. The van der Waals surface area contributed by atoms with Gasteiger partial charge >= 0.3 is 0 Å². The van der Waals surface area contributed by atoms with Crippen LogP contribution >= 0.6 is 0 Å². The lowest BCUT2D eigenvalue weighted by atomic mass is 10.1. The summed E-state index contributed by atoms with van der Waals surface area (Å²) >= 11 is 0. The van der Waals surface area contributed by atoms with E-state index in [9.17, 15) is 0 Å². The molecular formula is C15H21N5. The Hall–Kier alpha value is -2.01. The molecule has 20 heavy (non-hydrogen) atoms. The van der Waals surface area contributed by atoms with Crippen LogP contribution in [0, 0.1) is 0 Å². The van der Waals surface area contributed by atoms with Crippen molar-refractivity contribution < 1.29 is 0 Å². The largest absolute Gasteiger partial charge is 0.343 e. The third kappa shape index (κ3) is 4.28. The average Bonchev–Trinajstić information content (AvgIpc) is 2.46. The minimum Gasteiger partial charge on any atom is -0.343 e. The Labute approximate surface area is 119 Å². The Morgan fingerprint density at radius 2 is 1.95 bits per heavy atom. The molecule has 2 aromatic rings. The van der Waals surface area contributed by atoms with Gasteiger partial charge < -0.3 is 10.6 Å². The van der Waals surface area contributed by atoms with Crippen molar-refractivity contribution in [1.82, 2.24) is 15.0 Å². The predicted octanol–water partition coefficient (Wildman–Crippen LogP) is 1.44. The molecule has 0 amide bonds. The van der Waals surface area contributed by atoms with Gasteiger partial charge in [-0.1, -0.05) is 6.07 Å². The molecule has 2 heterocycles. The second-order valence-electron chi connectivity index (χ2n) is 5.07. The van der Waals surface area contributed by atoms with Crippen molar-refractivity contribution in [3.63, 3.8) is 0 Å². The minimum absolute atomic E-state index is 0.131. The first kappa shape index (κ1) is 14.4. The molecule has 0 spiro atoms. The smallest absolute Gasteiger partial charge is 0.225 e. The number of anilines is 1. The molecule has 5 heteroatoms. The van der Waals surface area contributed by atoms with E-state index in [1.807, 2.05) is 55.7 Å². The second-order valence-corrected chi connectivity index (χ2v) is 5.07. The number of nitrogens with two attached hydrogens (primary N) is 1. The topological polar surface area (TPSA) is 67.9 Å². The van der Waals surface area contributed by atoms with E-state index in [4.69, 9.17) is 5.73 Å². The number of hydrogen-bond donors (Lipinski definition) is 1. The first-order valence-electron chi connectivity index (χ1n) is 6.82. The molecule has 0 saturated carbocycles. The Morgan fingerprint density at radius 1 is 1.20 bits per heavy atom. The lowest BCUT2D eigenvalue weighted by Crippen LogP contribution is -2.23. The second kappa shape index (κ2) is 6.96. The Kier molecular flexibility index (Phi) is 5.01. The monoisotopic (exact) mass is 271 g/mol. The van der Waals surface area contributed by atoms with Crippen LogP contribution in [0.5, 0.6) is 0 Å². The van der Waals surface area contributed by atoms with Gasteiger partial charge in [-0.2, -0.15) is 0 Å². The van der Waals surface area contributed by atoms with Crippen LogP contribution in [0.4, 0.5) is 5.95 Å². The third-order valence-electron chi connectivity index (χ3n) is 3.02. The van der Waals surface area contributed by atoms with Crippen LogP contribution in [0.2, 0.25) is 0 Å². The summed E-state index contributed by atoms with van der Waals surface area (Å²) in [5.41, 5.74) is 7.91. The van der Waals surface area contributed by atoms with E-state index < -0.39 is 0 Å². The maximum absolute atomic E-state index is 5.76. The van der Waals surface area contributed by atoms with E-state index in [0.717, 1.165) is 36.6 Å². The zero-order valence-corrected chi connectivity index (χ0v) is 12.0. The number of likely N-dealkylation sites (N-methyl/N-ethyl adjacent to an activating group) is 1. The van der Waals surface area contributed by atoms with Crippen molar-refractivity contribution in [2.75, 3.05) is 18.5 Å². The van der Waals surface area contributed by atoms with Crippen LogP contribution in [0.1, 0.15) is 18.2 Å². The summed E-state index contributed by atoms with van der Waals surface area (Å²) in [5, 5.41) is 0. The highest BCUT2D eigenvalue weighted by Gasteiger charge is 2.06. The zero-order valence-electron chi connectivity index (χ0n) is 12.0. The lowest BCUT2D eigenvalue weighted by molar-refractivity contribution is 0.729. The van der Waals surface area contributed by atoms with Crippen molar-refractivity contribution in [3.8, 4) is 0 Å². The molecule has 0 aliphatic rings. The molecule has 0 radical (unpaired) electrons. The van der Waals surface area contributed by atoms with E-state index in [0.29, 0.717) is 0 Å². The van der Waals surface area contributed by atoms with Crippen molar-refractivity contribution in [3.05, 3.63) is 48.0 Å². The molecule has 2 aromatic heterocycles. The highest BCUT2D eigenvalue weighted by molar-refractivity contribution is 5.28. The van der Waals surface area contributed by atoms with Crippen molar-refractivity contribution in [2.45, 2.75) is 25.8 Å². The lowest BCUT2D eigenvalue weighted by Gasteiger charge is -2.16. The SMILES string of the molecule is CC(N)Cc1cnc(N(C)CCc2ccccn2)nc1. The normalized spacial score (nSPS) is 12.2. The number of rotatable bonds is 6. The van der Waals surface area contributed by atoms with E-state index in [2.05, 4.69) is 15.0 Å². The quantitative estimate of drug-likeness (QED) is 0.861. The van der Waals surface area contributed by atoms with Crippen LogP contribution in [0.3, 0.4) is 0 Å². The fourth-order valence-electron chi connectivity index (χ4n) is 1.95. The maximum Gasteiger partial charge on any atom is 0.225 e. The molecule has 5 nitrogen and oxygen atoms in total. The van der Waals surface area contributed by atoms with Crippen LogP contribution in [-0.4, -0.2) is 34.6 Å². The van der Waals surface area contributed by atoms with E-state index in [1.54, 1.807) is 0 Å². The van der Waals surface area contributed by atoms with Crippen molar-refractivity contribution in [2.24, 2.45) is 5.73 Å². The molecule has 106 valence electrons. The van der Waals surface area contributed by atoms with Gasteiger partial charge in [0.2, 0.25) is 5.95 Å². The van der Waals surface area contributed by atoms with Gasteiger partial charge in [0.05, 0.1) is 0 Å². The number of nitrogens with zero attached hydrogens (tertiary/aromatic N) is 4. The summed E-state index contributed by atoms with van der Waals surface area (Å²) in [6.07, 6.45) is 7.20. The molecular weight excluding hydrogens is 250 g/mol. The molecule has 0 fully saturated rings. The molecule has 0 aliphatic heterocycles. The van der Waals surface area contributed by atoms with Crippen molar-refractivity contribution >= 4 is 5.95 Å². The number of aromatic nitrogens is 3. The van der Waals surface area contributed by atoms with Crippen molar-refractivity contribution in [1.29, 1.82) is 0 Å². The molecule has 0 bridgehead atoms. The minimum atomic E-state index is 0.131. The summed E-state index contributed by atoms with van der Waals surface area (Å²) in [5.74, 6) is 0.731. The number of hydrogen-bond acceptors (Lipinski definition) is 5. The third-order valence-corrected chi connectivity index (χ3v) is 3.02. The fourth-order valence-corrected chi connectivity index (χ4v) is 1.95. The standard InChI is InChI=1S/C15H21N5/c1-12(16)9-13-10-18-15(19-11-13)20(2)8-6-14-5-3-4-7-17-14/h3-5,7,10-12H,6,8-9,16H2,1-2H3. The zero-order chi connectivity index (χ0) is 14.4. The Balaban J connectivity index is 1.90. The summed E-state index contributed by atoms with van der Waals surface area (Å²) in [7, 11) is 1.99. The molecule has 2 rings (SSSR count). The van der Waals surface area contributed by atoms with Gasteiger partial charge in [-0.3, -0.25) is 4.98 Å². The van der Waals surface area contributed by atoms with E-state index in [1.165, 1.54) is 0 Å². The summed E-state index contributed by atoms with van der Waals surface area (Å²) < 4.78 is 0. The van der Waals surface area contributed by atoms with Gasteiger partial charge in [0.25, 0.3) is 0 Å². The van der Waals surface area contributed by atoms with E-state index >= 15 is 0 Å². The fraction of sp³-hybridized carbons (Fsp3) is 0.400. The number of pyridine rings is 1. The van der Waals surface area contributed by atoms with Crippen LogP contribution in [0.25, 0.3) is 0 Å². The van der Waals surface area contributed by atoms with Gasteiger partial charge in [0, 0.05) is 50.3 Å². The summed E-state index contributed by atoms with van der Waals surface area (Å²) in [4.78, 5) is 15.1. The molecule has 0 aromatic carbocycles. The van der Waals surface area contributed by atoms with Gasteiger partial charge in [-0.05, 0) is 31.0 Å². The average molecular weight is 271 g/mol. The van der Waals surface area contributed by atoms with Gasteiger partial charge in [-0.25, -0.2) is 9.97 Å². The highest BCUT2D eigenvalue weighted by atomic mass is 15.2. The predicted molar refractivity (Wildman–Crippen MR) is 80.6 cm³/mol. The first-order valence-corrected chi connectivity index (χ1v) is 6.82. The Morgan fingerprint density at radius 3 is 2.55 bits per heavy atom. The first-order chi connectivity index (χ1) is 9.65. The maximum atomic E-state index is 5.76. The molecule has 1 atom stereocenters. The highest BCUT2D eigenvalue weighted by Crippen LogP contribution is 2.07. The Bertz CT molecular complexity index is 510.